The average molecular weight is 239 g/mol. The number of benzene rings is 1. The first-order chi connectivity index (χ1) is 8.69. The highest BCUT2D eigenvalue weighted by Crippen LogP contribution is 2.14. The summed E-state index contributed by atoms with van der Waals surface area (Å²) in [5.74, 6) is 0.0507. The molecule has 2 aromatic rings. The molecule has 0 saturated heterocycles. The zero-order valence-corrected chi connectivity index (χ0v) is 10.8. The zero-order chi connectivity index (χ0) is 13.0. The molecule has 0 saturated carbocycles. The lowest BCUT2D eigenvalue weighted by molar-refractivity contribution is 0.602. The van der Waals surface area contributed by atoms with Gasteiger partial charge in [0.05, 0.1) is 17.5 Å². The van der Waals surface area contributed by atoms with Crippen LogP contribution in [0.15, 0.2) is 30.3 Å². The summed E-state index contributed by atoms with van der Waals surface area (Å²) in [5, 5.41) is 13.1. The van der Waals surface area contributed by atoms with Crippen LogP contribution in [0.5, 0.6) is 0 Å². The Balaban J connectivity index is 2.06. The second-order valence-electron chi connectivity index (χ2n) is 4.64. The topological polar surface area (TPSA) is 48.7 Å². The van der Waals surface area contributed by atoms with E-state index in [0.717, 1.165) is 29.7 Å². The first-order valence-electron chi connectivity index (χ1n) is 6.15. The van der Waals surface area contributed by atoms with Crippen molar-refractivity contribution in [3.8, 4) is 6.07 Å². The molecule has 92 valence electrons. The minimum Gasteiger partial charge on any atom is -0.311 e. The van der Waals surface area contributed by atoms with Gasteiger partial charge in [0, 0.05) is 24.2 Å². The standard InChI is InChI=1S/C15H17N3/c1-11(8-16)9-17-10-13-4-6-15-14(7-13)5-3-12(2)18-15/h3-7,11,17H,9-10H2,1-2H3. The molecule has 0 aliphatic rings. The summed E-state index contributed by atoms with van der Waals surface area (Å²) < 4.78 is 0. The Bertz CT molecular complexity index is 584. The number of hydrogen-bond acceptors (Lipinski definition) is 3. The molecule has 0 aliphatic heterocycles. The molecule has 1 unspecified atom stereocenters. The highest BCUT2D eigenvalue weighted by atomic mass is 14.9. The summed E-state index contributed by atoms with van der Waals surface area (Å²) in [5.41, 5.74) is 3.29. The Kier molecular flexibility index (Phi) is 3.91. The summed E-state index contributed by atoms with van der Waals surface area (Å²) in [7, 11) is 0. The Labute approximate surface area is 107 Å². The lowest BCUT2D eigenvalue weighted by Crippen LogP contribution is -2.19. The first-order valence-corrected chi connectivity index (χ1v) is 6.15. The van der Waals surface area contributed by atoms with Crippen molar-refractivity contribution in [3.05, 3.63) is 41.6 Å². The molecule has 1 aromatic carbocycles. The van der Waals surface area contributed by atoms with Crippen molar-refractivity contribution < 1.29 is 0 Å². The lowest BCUT2D eigenvalue weighted by Gasteiger charge is -2.07. The van der Waals surface area contributed by atoms with E-state index in [9.17, 15) is 0 Å². The number of nitrogens with zero attached hydrogens (tertiary/aromatic N) is 2. The second kappa shape index (κ2) is 5.61. The monoisotopic (exact) mass is 239 g/mol. The van der Waals surface area contributed by atoms with Crippen LogP contribution in [0.3, 0.4) is 0 Å². The summed E-state index contributed by atoms with van der Waals surface area (Å²) in [6.45, 7) is 5.43. The van der Waals surface area contributed by atoms with E-state index in [-0.39, 0.29) is 5.92 Å². The molecule has 0 radical (unpaired) electrons. The van der Waals surface area contributed by atoms with Crippen LogP contribution in [0.2, 0.25) is 0 Å². The van der Waals surface area contributed by atoms with Crippen LogP contribution < -0.4 is 5.32 Å². The van der Waals surface area contributed by atoms with Gasteiger partial charge in [0.2, 0.25) is 0 Å². The van der Waals surface area contributed by atoms with Crippen molar-refractivity contribution in [1.82, 2.24) is 10.3 Å². The Hall–Kier alpha value is -1.92. The van der Waals surface area contributed by atoms with Crippen molar-refractivity contribution in [2.24, 2.45) is 5.92 Å². The Morgan fingerprint density at radius 3 is 2.94 bits per heavy atom. The normalized spacial score (nSPS) is 12.3. The number of hydrogen-bond donors (Lipinski definition) is 1. The Morgan fingerprint density at radius 1 is 1.33 bits per heavy atom. The van der Waals surface area contributed by atoms with E-state index in [4.69, 9.17) is 5.26 Å². The summed E-state index contributed by atoms with van der Waals surface area (Å²) in [6.07, 6.45) is 0. The van der Waals surface area contributed by atoms with E-state index in [1.807, 2.05) is 26.0 Å². The quantitative estimate of drug-likeness (QED) is 0.892. The Morgan fingerprint density at radius 2 is 2.17 bits per heavy atom. The summed E-state index contributed by atoms with van der Waals surface area (Å²) >= 11 is 0. The predicted molar refractivity (Wildman–Crippen MR) is 73.0 cm³/mol. The minimum atomic E-state index is 0.0507. The van der Waals surface area contributed by atoms with Gasteiger partial charge < -0.3 is 5.32 Å². The van der Waals surface area contributed by atoms with Crippen molar-refractivity contribution in [1.29, 1.82) is 5.26 Å². The maximum absolute atomic E-state index is 8.70. The van der Waals surface area contributed by atoms with Crippen LogP contribution in [-0.4, -0.2) is 11.5 Å². The fourth-order valence-corrected chi connectivity index (χ4v) is 1.87. The molecule has 0 bridgehead atoms. The zero-order valence-electron chi connectivity index (χ0n) is 10.8. The van der Waals surface area contributed by atoms with E-state index >= 15 is 0 Å². The number of nitrogens with one attached hydrogen (secondary N) is 1. The van der Waals surface area contributed by atoms with Crippen molar-refractivity contribution >= 4 is 10.9 Å². The molecule has 0 amide bonds. The van der Waals surface area contributed by atoms with E-state index in [0.29, 0.717) is 0 Å². The molecule has 0 fully saturated rings. The van der Waals surface area contributed by atoms with Gasteiger partial charge in [-0.15, -0.1) is 0 Å². The molecule has 18 heavy (non-hydrogen) atoms. The van der Waals surface area contributed by atoms with Crippen LogP contribution in [0, 0.1) is 24.2 Å². The summed E-state index contributed by atoms with van der Waals surface area (Å²) in [4.78, 5) is 4.48. The van der Waals surface area contributed by atoms with Gasteiger partial charge in [-0.1, -0.05) is 12.1 Å². The molecular formula is C15H17N3. The molecule has 1 N–H and O–H groups in total. The van der Waals surface area contributed by atoms with Gasteiger partial charge in [0.25, 0.3) is 0 Å². The maximum Gasteiger partial charge on any atom is 0.0705 e. The SMILES string of the molecule is Cc1ccc2cc(CNCC(C)C#N)ccc2n1. The van der Waals surface area contributed by atoms with E-state index in [1.54, 1.807) is 0 Å². The van der Waals surface area contributed by atoms with Crippen LogP contribution in [0.4, 0.5) is 0 Å². The molecule has 3 heteroatoms. The van der Waals surface area contributed by atoms with Gasteiger partial charge in [-0.3, -0.25) is 4.98 Å². The van der Waals surface area contributed by atoms with Crippen LogP contribution in [0.1, 0.15) is 18.2 Å². The van der Waals surface area contributed by atoms with E-state index < -0.39 is 0 Å². The third-order valence-corrected chi connectivity index (χ3v) is 2.89. The van der Waals surface area contributed by atoms with Crippen LogP contribution in [-0.2, 0) is 6.54 Å². The van der Waals surface area contributed by atoms with Crippen molar-refractivity contribution in [2.75, 3.05) is 6.54 Å². The number of pyridine rings is 1. The van der Waals surface area contributed by atoms with Gasteiger partial charge in [-0.25, -0.2) is 0 Å². The average Bonchev–Trinajstić information content (AvgIpc) is 2.38. The van der Waals surface area contributed by atoms with E-state index in [1.165, 1.54) is 5.56 Å². The number of rotatable bonds is 4. The van der Waals surface area contributed by atoms with Crippen molar-refractivity contribution in [3.63, 3.8) is 0 Å². The van der Waals surface area contributed by atoms with Gasteiger partial charge in [-0.05, 0) is 37.6 Å². The molecule has 2 rings (SSSR count). The third kappa shape index (κ3) is 3.06. The van der Waals surface area contributed by atoms with Gasteiger partial charge in [-0.2, -0.15) is 5.26 Å². The number of fused-ring (bicyclic) bond motifs is 1. The van der Waals surface area contributed by atoms with Gasteiger partial charge in [0.1, 0.15) is 0 Å². The van der Waals surface area contributed by atoms with Gasteiger partial charge >= 0.3 is 0 Å². The molecule has 1 atom stereocenters. The van der Waals surface area contributed by atoms with Gasteiger partial charge in [0.15, 0.2) is 0 Å². The number of aromatic nitrogens is 1. The highest BCUT2D eigenvalue weighted by molar-refractivity contribution is 5.79. The van der Waals surface area contributed by atoms with Crippen LogP contribution >= 0.6 is 0 Å². The molecule has 0 aliphatic carbocycles. The third-order valence-electron chi connectivity index (χ3n) is 2.89. The first kappa shape index (κ1) is 12.5. The van der Waals surface area contributed by atoms with Crippen molar-refractivity contribution in [2.45, 2.75) is 20.4 Å². The second-order valence-corrected chi connectivity index (χ2v) is 4.64. The number of nitriles is 1. The fourth-order valence-electron chi connectivity index (χ4n) is 1.87. The molecule has 0 spiro atoms. The smallest absolute Gasteiger partial charge is 0.0705 e. The molecular weight excluding hydrogens is 222 g/mol. The van der Waals surface area contributed by atoms with E-state index in [2.05, 4.69) is 34.6 Å². The van der Waals surface area contributed by atoms with Crippen LogP contribution in [0.25, 0.3) is 10.9 Å². The number of aryl methyl sites for hydroxylation is 1. The minimum absolute atomic E-state index is 0.0507. The largest absolute Gasteiger partial charge is 0.311 e. The molecule has 1 aromatic heterocycles. The fraction of sp³-hybridized carbons (Fsp3) is 0.333. The summed E-state index contributed by atoms with van der Waals surface area (Å²) in [6, 6.07) is 12.6. The highest BCUT2D eigenvalue weighted by Gasteiger charge is 2.00. The maximum atomic E-state index is 8.70. The molecule has 3 nitrogen and oxygen atoms in total. The lowest BCUT2D eigenvalue weighted by atomic mass is 10.1. The predicted octanol–water partition coefficient (Wildman–Crippen LogP) is 2.79. The molecule has 1 heterocycles.